The predicted molar refractivity (Wildman–Crippen MR) is 70.9 cm³/mol. The van der Waals surface area contributed by atoms with Crippen molar-refractivity contribution in [2.24, 2.45) is 0 Å². The summed E-state index contributed by atoms with van der Waals surface area (Å²) in [5.41, 5.74) is 1.07. The molecule has 1 aromatic rings. The minimum Gasteiger partial charge on any atom is -0.282 e. The molecule has 4 nitrogen and oxygen atoms in total. The monoisotopic (exact) mass is 246 g/mol. The largest absolute Gasteiger partial charge is 0.282 e. The molecule has 0 bridgehead atoms. The van der Waals surface area contributed by atoms with Gasteiger partial charge in [0, 0.05) is 18.8 Å². The molecule has 0 atom stereocenters. The van der Waals surface area contributed by atoms with E-state index in [9.17, 15) is 0 Å². The van der Waals surface area contributed by atoms with Gasteiger partial charge >= 0.3 is 0 Å². The van der Waals surface area contributed by atoms with E-state index in [1.54, 1.807) is 0 Å². The van der Waals surface area contributed by atoms with Crippen LogP contribution < -0.4 is 0 Å². The summed E-state index contributed by atoms with van der Waals surface area (Å²) in [6.45, 7) is 5.47. The molecular weight excluding hydrogens is 224 g/mol. The second-order valence-electron chi connectivity index (χ2n) is 5.38. The van der Waals surface area contributed by atoms with E-state index in [1.807, 2.05) is 0 Å². The minimum absolute atomic E-state index is 0.376. The Morgan fingerprint density at radius 1 is 1.50 bits per heavy atom. The first-order valence-corrected chi connectivity index (χ1v) is 6.85. The van der Waals surface area contributed by atoms with E-state index in [-0.39, 0.29) is 0 Å². The molecule has 0 aromatic carbocycles. The maximum absolute atomic E-state index is 8.82. The number of aromatic nitrogens is 2. The van der Waals surface area contributed by atoms with Crippen LogP contribution in [-0.4, -0.2) is 27.3 Å². The number of nitriles is 1. The van der Waals surface area contributed by atoms with Crippen LogP contribution in [0.1, 0.15) is 51.3 Å². The fraction of sp³-hybridized carbons (Fsp3) is 0.714. The molecule has 4 heteroatoms. The average molecular weight is 246 g/mol. The Bertz CT molecular complexity index is 410. The number of rotatable bonds is 5. The van der Waals surface area contributed by atoms with Gasteiger partial charge in [-0.2, -0.15) is 10.4 Å². The number of hydrogen-bond acceptors (Lipinski definition) is 3. The maximum atomic E-state index is 8.82. The quantitative estimate of drug-likeness (QED) is 0.750. The molecule has 1 heterocycles. The smallest absolute Gasteiger partial charge is 0.0871 e. The standard InChI is InChI=1S/C14H22N4/c1-12(2)17(10-8-15)11-13-7-9-18(16-13)14-5-3-4-6-14/h7,9,12,14H,3-6,10-11H2,1-2H3. The van der Waals surface area contributed by atoms with E-state index < -0.39 is 0 Å². The lowest BCUT2D eigenvalue weighted by Gasteiger charge is -2.22. The molecule has 1 saturated carbocycles. The molecule has 0 spiro atoms. The molecule has 98 valence electrons. The van der Waals surface area contributed by atoms with Crippen LogP contribution in [0.3, 0.4) is 0 Å². The molecule has 0 saturated heterocycles. The topological polar surface area (TPSA) is 44.9 Å². The van der Waals surface area contributed by atoms with Crippen molar-refractivity contribution in [2.75, 3.05) is 6.54 Å². The van der Waals surface area contributed by atoms with Crippen LogP contribution in [-0.2, 0) is 6.54 Å². The van der Waals surface area contributed by atoms with Crippen molar-refractivity contribution >= 4 is 0 Å². The molecule has 0 aliphatic heterocycles. The van der Waals surface area contributed by atoms with Crippen molar-refractivity contribution in [1.29, 1.82) is 5.26 Å². The van der Waals surface area contributed by atoms with Crippen molar-refractivity contribution in [2.45, 2.75) is 58.2 Å². The van der Waals surface area contributed by atoms with Crippen LogP contribution in [0.5, 0.6) is 0 Å². The number of nitrogens with zero attached hydrogens (tertiary/aromatic N) is 4. The van der Waals surface area contributed by atoms with Gasteiger partial charge in [-0.05, 0) is 32.8 Å². The third kappa shape index (κ3) is 3.11. The molecule has 1 aliphatic rings. The van der Waals surface area contributed by atoms with Gasteiger partial charge in [-0.3, -0.25) is 9.58 Å². The zero-order chi connectivity index (χ0) is 13.0. The molecule has 1 fully saturated rings. The van der Waals surface area contributed by atoms with E-state index >= 15 is 0 Å². The van der Waals surface area contributed by atoms with Gasteiger partial charge in [0.2, 0.25) is 0 Å². The summed E-state index contributed by atoms with van der Waals surface area (Å²) in [6.07, 6.45) is 7.26. The lowest BCUT2D eigenvalue weighted by atomic mass is 10.3. The molecule has 18 heavy (non-hydrogen) atoms. The van der Waals surface area contributed by atoms with Crippen LogP contribution in [0.2, 0.25) is 0 Å². The summed E-state index contributed by atoms with van der Waals surface area (Å²) in [5, 5.41) is 13.5. The molecule has 1 aliphatic carbocycles. The Labute approximate surface area is 109 Å². The van der Waals surface area contributed by atoms with Gasteiger partial charge < -0.3 is 0 Å². The van der Waals surface area contributed by atoms with Crippen LogP contribution in [0.25, 0.3) is 0 Å². The van der Waals surface area contributed by atoms with Gasteiger partial charge in [-0.25, -0.2) is 0 Å². The average Bonchev–Trinajstić information content (AvgIpc) is 2.98. The predicted octanol–water partition coefficient (Wildman–Crippen LogP) is 2.73. The van der Waals surface area contributed by atoms with Crippen molar-refractivity contribution in [1.82, 2.24) is 14.7 Å². The third-order valence-electron chi connectivity index (χ3n) is 3.73. The molecule has 0 unspecified atom stereocenters. The Morgan fingerprint density at radius 3 is 2.83 bits per heavy atom. The maximum Gasteiger partial charge on any atom is 0.0871 e. The highest BCUT2D eigenvalue weighted by atomic mass is 15.3. The SMILES string of the molecule is CC(C)N(CC#N)Cc1ccn(C2CCCC2)n1. The molecule has 1 aromatic heterocycles. The van der Waals surface area contributed by atoms with Gasteiger partial charge in [0.05, 0.1) is 24.3 Å². The van der Waals surface area contributed by atoms with Crippen molar-refractivity contribution < 1.29 is 0 Å². The third-order valence-corrected chi connectivity index (χ3v) is 3.73. The van der Waals surface area contributed by atoms with E-state index in [2.05, 4.69) is 46.9 Å². The van der Waals surface area contributed by atoms with Gasteiger partial charge in [0.1, 0.15) is 0 Å². The zero-order valence-electron chi connectivity index (χ0n) is 11.3. The molecule has 0 radical (unpaired) electrons. The summed E-state index contributed by atoms with van der Waals surface area (Å²) in [6, 6.07) is 5.29. The summed E-state index contributed by atoms with van der Waals surface area (Å²) in [7, 11) is 0. The second-order valence-corrected chi connectivity index (χ2v) is 5.38. The summed E-state index contributed by atoms with van der Waals surface area (Å²) < 4.78 is 2.12. The van der Waals surface area contributed by atoms with Crippen LogP contribution in [0, 0.1) is 11.3 Å². The minimum atomic E-state index is 0.376. The lowest BCUT2D eigenvalue weighted by molar-refractivity contribution is 0.236. The second kappa shape index (κ2) is 6.01. The van der Waals surface area contributed by atoms with Crippen molar-refractivity contribution in [3.8, 4) is 6.07 Å². The summed E-state index contributed by atoms with van der Waals surface area (Å²) >= 11 is 0. The first-order chi connectivity index (χ1) is 8.70. The Hall–Kier alpha value is -1.34. The Morgan fingerprint density at radius 2 is 2.22 bits per heavy atom. The normalized spacial score (nSPS) is 16.6. The first kappa shape index (κ1) is 13.1. The molecule has 2 rings (SSSR count). The number of hydrogen-bond donors (Lipinski definition) is 0. The van der Waals surface area contributed by atoms with Gasteiger partial charge in [0.15, 0.2) is 0 Å². The van der Waals surface area contributed by atoms with Crippen molar-refractivity contribution in [3.05, 3.63) is 18.0 Å². The fourth-order valence-corrected chi connectivity index (χ4v) is 2.55. The van der Waals surface area contributed by atoms with E-state index in [0.29, 0.717) is 18.6 Å². The summed E-state index contributed by atoms with van der Waals surface area (Å²) in [5.74, 6) is 0. The first-order valence-electron chi connectivity index (χ1n) is 6.85. The summed E-state index contributed by atoms with van der Waals surface area (Å²) in [4.78, 5) is 2.14. The van der Waals surface area contributed by atoms with Crippen LogP contribution >= 0.6 is 0 Å². The Kier molecular flexibility index (Phi) is 4.38. The molecular formula is C14H22N4. The molecule has 0 amide bonds. The van der Waals surface area contributed by atoms with Crippen molar-refractivity contribution in [3.63, 3.8) is 0 Å². The lowest BCUT2D eigenvalue weighted by Crippen LogP contribution is -2.30. The zero-order valence-corrected chi connectivity index (χ0v) is 11.3. The van der Waals surface area contributed by atoms with Gasteiger partial charge in [-0.15, -0.1) is 0 Å². The highest BCUT2D eigenvalue weighted by molar-refractivity contribution is 5.01. The van der Waals surface area contributed by atoms with Crippen LogP contribution in [0.15, 0.2) is 12.3 Å². The van der Waals surface area contributed by atoms with E-state index in [4.69, 9.17) is 5.26 Å². The Balaban J connectivity index is 1.98. The molecule has 0 N–H and O–H groups in total. The van der Waals surface area contributed by atoms with E-state index in [1.165, 1.54) is 25.7 Å². The van der Waals surface area contributed by atoms with Crippen LogP contribution in [0.4, 0.5) is 0 Å². The van der Waals surface area contributed by atoms with Gasteiger partial charge in [-0.1, -0.05) is 12.8 Å². The highest BCUT2D eigenvalue weighted by Gasteiger charge is 2.18. The van der Waals surface area contributed by atoms with Gasteiger partial charge in [0.25, 0.3) is 0 Å². The van der Waals surface area contributed by atoms with E-state index in [0.717, 1.165) is 12.2 Å². The fourth-order valence-electron chi connectivity index (χ4n) is 2.55. The highest BCUT2D eigenvalue weighted by Crippen LogP contribution is 2.28.